The monoisotopic (exact) mass is 385 g/mol. The maximum atomic E-state index is 13.7. The molecular formula is C13H18BrF2NO3S. The second kappa shape index (κ2) is 6.58. The van der Waals surface area contributed by atoms with Crippen LogP contribution in [-0.2, 0) is 10.0 Å². The first-order chi connectivity index (χ1) is 9.40. The number of rotatable bonds is 5. The molecule has 0 fully saturated rings. The summed E-state index contributed by atoms with van der Waals surface area (Å²) in [5, 5.41) is 5.07. The van der Waals surface area contributed by atoms with Crippen molar-refractivity contribution >= 4 is 26.0 Å². The third-order valence-electron chi connectivity index (χ3n) is 3.05. The van der Waals surface area contributed by atoms with E-state index >= 15 is 0 Å². The number of sulfonamides is 1. The van der Waals surface area contributed by atoms with Crippen LogP contribution in [0, 0.1) is 23.0 Å². The van der Waals surface area contributed by atoms with Gasteiger partial charge in [-0.2, -0.15) is 0 Å². The zero-order valence-electron chi connectivity index (χ0n) is 12.0. The molecule has 0 saturated heterocycles. The molecule has 120 valence electrons. The molecular weight excluding hydrogens is 368 g/mol. The van der Waals surface area contributed by atoms with Gasteiger partial charge in [0.2, 0.25) is 10.0 Å². The molecule has 1 aromatic rings. The lowest BCUT2D eigenvalue weighted by molar-refractivity contribution is 0.158. The van der Waals surface area contributed by atoms with E-state index < -0.39 is 33.0 Å². The van der Waals surface area contributed by atoms with Crippen LogP contribution in [0.2, 0.25) is 0 Å². The number of hydrogen-bond donors (Lipinski definition) is 1. The van der Waals surface area contributed by atoms with Crippen LogP contribution in [0.5, 0.6) is 5.75 Å². The highest BCUT2D eigenvalue weighted by Gasteiger charge is 2.29. The van der Waals surface area contributed by atoms with E-state index in [1.54, 1.807) is 0 Å². The van der Waals surface area contributed by atoms with Gasteiger partial charge in [-0.15, -0.1) is 0 Å². The lowest BCUT2D eigenvalue weighted by atomic mass is 9.82. The van der Waals surface area contributed by atoms with Crippen molar-refractivity contribution in [3.05, 3.63) is 28.2 Å². The highest BCUT2D eigenvalue weighted by Crippen LogP contribution is 2.32. The first-order valence-electron chi connectivity index (χ1n) is 6.18. The van der Waals surface area contributed by atoms with Gasteiger partial charge in [0.05, 0.1) is 16.8 Å². The summed E-state index contributed by atoms with van der Waals surface area (Å²) < 4.78 is 54.7. The Hall–Kier alpha value is -0.730. The standard InChI is InChI=1S/C13H18BrF2NO3S/c1-13(2,3)8(7-21(17,18)19)6-20-12-10(14)4-9(15)5-11(12)16/h4-5,8H,6-7H2,1-3H3,(H2,17,18,19). The molecule has 0 radical (unpaired) electrons. The number of nitrogens with two attached hydrogens (primary N) is 1. The zero-order chi connectivity index (χ0) is 16.4. The molecule has 0 aliphatic rings. The minimum Gasteiger partial charge on any atom is -0.489 e. The van der Waals surface area contributed by atoms with Crippen LogP contribution in [0.25, 0.3) is 0 Å². The second-order valence-electron chi connectivity index (χ2n) is 5.90. The highest BCUT2D eigenvalue weighted by molar-refractivity contribution is 9.10. The van der Waals surface area contributed by atoms with Gasteiger partial charge in [0.1, 0.15) is 5.82 Å². The molecule has 0 amide bonds. The number of benzene rings is 1. The smallest absolute Gasteiger partial charge is 0.209 e. The van der Waals surface area contributed by atoms with Gasteiger partial charge in [-0.1, -0.05) is 20.8 Å². The maximum Gasteiger partial charge on any atom is 0.209 e. The predicted molar refractivity (Wildman–Crippen MR) is 80.5 cm³/mol. The van der Waals surface area contributed by atoms with Crippen molar-refractivity contribution in [1.82, 2.24) is 0 Å². The highest BCUT2D eigenvalue weighted by atomic mass is 79.9. The van der Waals surface area contributed by atoms with Crippen LogP contribution < -0.4 is 9.88 Å². The lowest BCUT2D eigenvalue weighted by Crippen LogP contribution is -2.35. The van der Waals surface area contributed by atoms with E-state index in [-0.39, 0.29) is 22.6 Å². The van der Waals surface area contributed by atoms with Gasteiger partial charge < -0.3 is 4.74 Å². The lowest BCUT2D eigenvalue weighted by Gasteiger charge is -2.30. The topological polar surface area (TPSA) is 69.4 Å². The predicted octanol–water partition coefficient (Wildman–Crippen LogP) is 3.06. The molecule has 0 aliphatic heterocycles. The third kappa shape index (κ3) is 5.88. The molecule has 1 unspecified atom stereocenters. The molecule has 21 heavy (non-hydrogen) atoms. The first-order valence-corrected chi connectivity index (χ1v) is 8.69. The fraction of sp³-hybridized carbons (Fsp3) is 0.538. The fourth-order valence-corrected chi connectivity index (χ4v) is 3.36. The quantitative estimate of drug-likeness (QED) is 0.846. The average Bonchev–Trinajstić information content (AvgIpc) is 2.22. The first kappa shape index (κ1) is 18.3. The molecule has 1 rings (SSSR count). The van der Waals surface area contributed by atoms with E-state index in [0.717, 1.165) is 6.07 Å². The number of halogens is 3. The Balaban J connectivity index is 2.93. The average molecular weight is 386 g/mol. The molecule has 1 atom stereocenters. The summed E-state index contributed by atoms with van der Waals surface area (Å²) in [7, 11) is -3.68. The van der Waals surface area contributed by atoms with Crippen LogP contribution in [0.1, 0.15) is 20.8 Å². The van der Waals surface area contributed by atoms with Crippen molar-refractivity contribution in [3.8, 4) is 5.75 Å². The van der Waals surface area contributed by atoms with E-state index in [4.69, 9.17) is 9.88 Å². The van der Waals surface area contributed by atoms with Crippen LogP contribution in [0.3, 0.4) is 0 Å². The molecule has 0 aliphatic carbocycles. The largest absolute Gasteiger partial charge is 0.489 e. The van der Waals surface area contributed by atoms with Gasteiger partial charge in [0.15, 0.2) is 11.6 Å². The Labute approximate surface area is 131 Å². The summed E-state index contributed by atoms with van der Waals surface area (Å²) in [6.45, 7) is 5.45. The number of ether oxygens (including phenoxy) is 1. The summed E-state index contributed by atoms with van der Waals surface area (Å²) in [4.78, 5) is 0. The molecule has 1 aromatic carbocycles. The van der Waals surface area contributed by atoms with Crippen LogP contribution in [0.4, 0.5) is 8.78 Å². The van der Waals surface area contributed by atoms with Gasteiger partial charge in [-0.3, -0.25) is 0 Å². The minimum absolute atomic E-state index is 0.0545. The Morgan fingerprint density at radius 3 is 2.33 bits per heavy atom. The third-order valence-corrected chi connectivity index (χ3v) is 4.51. The van der Waals surface area contributed by atoms with Crippen molar-refractivity contribution in [1.29, 1.82) is 0 Å². The van der Waals surface area contributed by atoms with E-state index in [1.807, 2.05) is 20.8 Å². The van der Waals surface area contributed by atoms with Gasteiger partial charge >= 0.3 is 0 Å². The van der Waals surface area contributed by atoms with Crippen molar-refractivity contribution < 1.29 is 21.9 Å². The Kier molecular flexibility index (Phi) is 5.74. The van der Waals surface area contributed by atoms with Crippen LogP contribution in [-0.4, -0.2) is 20.8 Å². The van der Waals surface area contributed by atoms with E-state index in [2.05, 4.69) is 15.9 Å². The SMILES string of the molecule is CC(C)(C)C(COc1c(F)cc(F)cc1Br)CS(N)(=O)=O. The number of primary sulfonamides is 1. The van der Waals surface area contributed by atoms with Crippen molar-refractivity contribution in [2.24, 2.45) is 16.5 Å². The van der Waals surface area contributed by atoms with Gasteiger partial charge in [0, 0.05) is 12.0 Å². The summed E-state index contributed by atoms with van der Waals surface area (Å²) in [6, 6.07) is 1.77. The molecule has 2 N–H and O–H groups in total. The van der Waals surface area contributed by atoms with Gasteiger partial charge in [0.25, 0.3) is 0 Å². The molecule has 8 heteroatoms. The van der Waals surface area contributed by atoms with Crippen molar-refractivity contribution in [2.45, 2.75) is 20.8 Å². The minimum atomic E-state index is -3.68. The molecule has 0 aromatic heterocycles. The van der Waals surface area contributed by atoms with Crippen molar-refractivity contribution in [2.75, 3.05) is 12.4 Å². The summed E-state index contributed by atoms with van der Waals surface area (Å²) in [5.74, 6) is -2.46. The van der Waals surface area contributed by atoms with Crippen LogP contribution in [0.15, 0.2) is 16.6 Å². The molecule has 0 saturated carbocycles. The molecule has 4 nitrogen and oxygen atoms in total. The van der Waals surface area contributed by atoms with E-state index in [9.17, 15) is 17.2 Å². The summed E-state index contributed by atoms with van der Waals surface area (Å²) in [6.07, 6.45) is 0. The summed E-state index contributed by atoms with van der Waals surface area (Å²) in [5.41, 5.74) is -0.407. The number of hydrogen-bond acceptors (Lipinski definition) is 3. The zero-order valence-corrected chi connectivity index (χ0v) is 14.4. The Morgan fingerprint density at radius 2 is 1.90 bits per heavy atom. The Bertz CT molecular complexity index is 591. The van der Waals surface area contributed by atoms with Gasteiger partial charge in [-0.25, -0.2) is 22.3 Å². The molecule has 0 heterocycles. The second-order valence-corrected chi connectivity index (χ2v) is 8.42. The summed E-state index contributed by atoms with van der Waals surface area (Å²) >= 11 is 3.01. The fourth-order valence-electron chi connectivity index (χ4n) is 1.68. The molecule has 0 spiro atoms. The van der Waals surface area contributed by atoms with E-state index in [1.165, 1.54) is 0 Å². The van der Waals surface area contributed by atoms with Crippen molar-refractivity contribution in [3.63, 3.8) is 0 Å². The maximum absolute atomic E-state index is 13.7. The van der Waals surface area contributed by atoms with Gasteiger partial charge in [-0.05, 0) is 27.4 Å². The van der Waals surface area contributed by atoms with E-state index in [0.29, 0.717) is 6.07 Å². The Morgan fingerprint density at radius 1 is 1.33 bits per heavy atom. The molecule has 0 bridgehead atoms. The normalized spacial score (nSPS) is 14.0. The van der Waals surface area contributed by atoms with Crippen LogP contribution >= 0.6 is 15.9 Å².